The normalized spacial score (nSPS) is 19.0. The van der Waals surface area contributed by atoms with Gasteiger partial charge in [0.2, 0.25) is 5.91 Å². The topological polar surface area (TPSA) is 57.8 Å². The maximum atomic E-state index is 11.9. The first kappa shape index (κ1) is 9.15. The number of anilines is 1. The number of H-pyrrole nitrogens is 1. The van der Waals surface area contributed by atoms with E-state index in [-0.39, 0.29) is 11.8 Å². The highest BCUT2D eigenvalue weighted by Crippen LogP contribution is 2.29. The van der Waals surface area contributed by atoms with E-state index in [4.69, 9.17) is 0 Å². The summed E-state index contributed by atoms with van der Waals surface area (Å²) in [6.07, 6.45) is 2.40. The summed E-state index contributed by atoms with van der Waals surface area (Å²) in [5.74, 6) is -0.125. The van der Waals surface area contributed by atoms with Crippen LogP contribution in [0.25, 0.3) is 0 Å². The zero-order chi connectivity index (χ0) is 11.0. The molecule has 1 atom stereocenters. The number of rotatable bonds is 1. The third kappa shape index (κ3) is 1.39. The molecule has 2 aromatic rings. The van der Waals surface area contributed by atoms with Gasteiger partial charge in [0, 0.05) is 17.6 Å². The summed E-state index contributed by atoms with van der Waals surface area (Å²) >= 11 is 0. The van der Waals surface area contributed by atoms with Crippen LogP contribution in [0.4, 0.5) is 5.69 Å². The zero-order valence-corrected chi connectivity index (χ0v) is 8.60. The average molecular weight is 213 g/mol. The SMILES string of the molecule is O=C1Nc2ccccc2CC1c1ccn[nH]1. The van der Waals surface area contributed by atoms with Crippen molar-refractivity contribution in [2.75, 3.05) is 5.32 Å². The van der Waals surface area contributed by atoms with Crippen molar-refractivity contribution in [3.8, 4) is 0 Å². The van der Waals surface area contributed by atoms with Gasteiger partial charge in [-0.25, -0.2) is 0 Å². The molecule has 1 amide bonds. The maximum absolute atomic E-state index is 11.9. The van der Waals surface area contributed by atoms with Crippen molar-refractivity contribution in [1.29, 1.82) is 0 Å². The van der Waals surface area contributed by atoms with Gasteiger partial charge in [-0.05, 0) is 24.1 Å². The number of nitrogens with zero attached hydrogens (tertiary/aromatic N) is 1. The number of fused-ring (bicyclic) bond motifs is 1. The second-order valence-corrected chi connectivity index (χ2v) is 3.92. The summed E-state index contributed by atoms with van der Waals surface area (Å²) in [5.41, 5.74) is 2.96. The summed E-state index contributed by atoms with van der Waals surface area (Å²) in [5, 5.41) is 9.65. The monoisotopic (exact) mass is 213 g/mol. The largest absolute Gasteiger partial charge is 0.325 e. The molecule has 3 rings (SSSR count). The number of benzene rings is 1. The fourth-order valence-corrected chi connectivity index (χ4v) is 2.06. The van der Waals surface area contributed by atoms with Crippen molar-refractivity contribution < 1.29 is 4.79 Å². The minimum Gasteiger partial charge on any atom is -0.325 e. The number of para-hydroxylation sites is 1. The molecule has 1 unspecified atom stereocenters. The summed E-state index contributed by atoms with van der Waals surface area (Å²) in [6.45, 7) is 0. The van der Waals surface area contributed by atoms with E-state index in [0.29, 0.717) is 0 Å². The third-order valence-corrected chi connectivity index (χ3v) is 2.91. The summed E-state index contributed by atoms with van der Waals surface area (Å²) in [6, 6.07) is 9.72. The maximum Gasteiger partial charge on any atom is 0.233 e. The Morgan fingerprint density at radius 2 is 2.12 bits per heavy atom. The van der Waals surface area contributed by atoms with Crippen LogP contribution in [0, 0.1) is 0 Å². The van der Waals surface area contributed by atoms with E-state index in [9.17, 15) is 4.79 Å². The van der Waals surface area contributed by atoms with Crippen LogP contribution in [0.5, 0.6) is 0 Å². The van der Waals surface area contributed by atoms with Crippen LogP contribution >= 0.6 is 0 Å². The van der Waals surface area contributed by atoms with Gasteiger partial charge in [-0.1, -0.05) is 18.2 Å². The van der Waals surface area contributed by atoms with Crippen molar-refractivity contribution in [3.05, 3.63) is 47.8 Å². The average Bonchev–Trinajstić information content (AvgIpc) is 2.81. The van der Waals surface area contributed by atoms with Crippen molar-refractivity contribution in [2.45, 2.75) is 12.3 Å². The van der Waals surface area contributed by atoms with Crippen molar-refractivity contribution in [1.82, 2.24) is 10.2 Å². The standard InChI is InChI=1S/C12H11N3O/c16-12-9(11-5-6-13-15-11)7-8-3-1-2-4-10(8)14-12/h1-6,9H,7H2,(H,13,15)(H,14,16). The molecule has 0 saturated carbocycles. The van der Waals surface area contributed by atoms with E-state index in [0.717, 1.165) is 17.8 Å². The van der Waals surface area contributed by atoms with Crippen molar-refractivity contribution in [3.63, 3.8) is 0 Å². The smallest absolute Gasteiger partial charge is 0.233 e. The van der Waals surface area contributed by atoms with Crippen molar-refractivity contribution in [2.24, 2.45) is 0 Å². The van der Waals surface area contributed by atoms with Crippen molar-refractivity contribution >= 4 is 11.6 Å². The van der Waals surface area contributed by atoms with E-state index < -0.39 is 0 Å². The minimum atomic E-state index is -0.155. The first-order chi connectivity index (χ1) is 7.84. The molecule has 0 spiro atoms. The highest BCUT2D eigenvalue weighted by molar-refractivity contribution is 5.98. The number of aromatic nitrogens is 2. The highest BCUT2D eigenvalue weighted by atomic mass is 16.2. The Morgan fingerprint density at radius 3 is 2.94 bits per heavy atom. The molecule has 0 aliphatic carbocycles. The third-order valence-electron chi connectivity index (χ3n) is 2.91. The highest BCUT2D eigenvalue weighted by Gasteiger charge is 2.27. The molecule has 0 fully saturated rings. The number of aromatic amines is 1. The molecule has 0 saturated heterocycles. The van der Waals surface area contributed by atoms with Crippen LogP contribution in [0.3, 0.4) is 0 Å². The number of carbonyl (C=O) groups excluding carboxylic acids is 1. The Labute approximate surface area is 92.7 Å². The van der Waals surface area contributed by atoms with Crippen LogP contribution in [-0.2, 0) is 11.2 Å². The van der Waals surface area contributed by atoms with Gasteiger partial charge in [0.25, 0.3) is 0 Å². The van der Waals surface area contributed by atoms with Gasteiger partial charge >= 0.3 is 0 Å². The minimum absolute atomic E-state index is 0.0305. The molecular formula is C12H11N3O. The summed E-state index contributed by atoms with van der Waals surface area (Å²) in [4.78, 5) is 11.9. The molecule has 80 valence electrons. The first-order valence-corrected chi connectivity index (χ1v) is 5.22. The van der Waals surface area contributed by atoms with E-state index >= 15 is 0 Å². The number of carbonyl (C=O) groups is 1. The molecule has 16 heavy (non-hydrogen) atoms. The first-order valence-electron chi connectivity index (χ1n) is 5.22. The number of hydrogen-bond donors (Lipinski definition) is 2. The predicted octanol–water partition coefficient (Wildman–Crippen LogP) is 1.69. The van der Waals surface area contributed by atoms with Crippen LogP contribution in [-0.4, -0.2) is 16.1 Å². The van der Waals surface area contributed by atoms with Gasteiger partial charge in [0.05, 0.1) is 5.92 Å². The zero-order valence-electron chi connectivity index (χ0n) is 8.60. The van der Waals surface area contributed by atoms with Gasteiger partial charge in [-0.3, -0.25) is 9.89 Å². The lowest BCUT2D eigenvalue weighted by molar-refractivity contribution is -0.117. The lowest BCUT2D eigenvalue weighted by Gasteiger charge is -2.23. The Hall–Kier alpha value is -2.10. The van der Waals surface area contributed by atoms with E-state index in [1.54, 1.807) is 6.20 Å². The van der Waals surface area contributed by atoms with Gasteiger partial charge in [0.1, 0.15) is 0 Å². The van der Waals surface area contributed by atoms with Gasteiger partial charge in [-0.2, -0.15) is 5.10 Å². The van der Waals surface area contributed by atoms with Crippen LogP contribution in [0.15, 0.2) is 36.5 Å². The number of amides is 1. The summed E-state index contributed by atoms with van der Waals surface area (Å²) in [7, 11) is 0. The molecular weight excluding hydrogens is 202 g/mol. The Morgan fingerprint density at radius 1 is 1.25 bits per heavy atom. The van der Waals surface area contributed by atoms with Crippen LogP contribution < -0.4 is 5.32 Å². The molecule has 0 radical (unpaired) electrons. The Kier molecular flexibility index (Phi) is 1.99. The Bertz CT molecular complexity index is 519. The molecule has 1 aliphatic heterocycles. The second kappa shape index (κ2) is 3.48. The predicted molar refractivity (Wildman–Crippen MR) is 60.1 cm³/mol. The van der Waals surface area contributed by atoms with E-state index in [1.165, 1.54) is 5.56 Å². The quantitative estimate of drug-likeness (QED) is 0.757. The molecule has 2 heterocycles. The van der Waals surface area contributed by atoms with Gasteiger partial charge in [0.15, 0.2) is 0 Å². The van der Waals surface area contributed by atoms with E-state index in [2.05, 4.69) is 15.5 Å². The number of nitrogens with one attached hydrogen (secondary N) is 2. The molecule has 1 aliphatic rings. The van der Waals surface area contributed by atoms with Crippen LogP contribution in [0.2, 0.25) is 0 Å². The van der Waals surface area contributed by atoms with Crippen LogP contribution in [0.1, 0.15) is 17.2 Å². The summed E-state index contributed by atoms with van der Waals surface area (Å²) < 4.78 is 0. The van der Waals surface area contributed by atoms with Gasteiger partial charge < -0.3 is 5.32 Å². The second-order valence-electron chi connectivity index (χ2n) is 3.92. The van der Waals surface area contributed by atoms with Gasteiger partial charge in [-0.15, -0.1) is 0 Å². The molecule has 4 nitrogen and oxygen atoms in total. The lowest BCUT2D eigenvalue weighted by Crippen LogP contribution is -2.28. The molecule has 0 bridgehead atoms. The van der Waals surface area contributed by atoms with E-state index in [1.807, 2.05) is 30.3 Å². The fourth-order valence-electron chi connectivity index (χ4n) is 2.06. The lowest BCUT2D eigenvalue weighted by atomic mass is 9.91. The Balaban J connectivity index is 1.98. The molecule has 1 aromatic carbocycles. The molecule has 2 N–H and O–H groups in total. The molecule has 4 heteroatoms. The molecule has 1 aromatic heterocycles. The fraction of sp³-hybridized carbons (Fsp3) is 0.167. The number of hydrogen-bond acceptors (Lipinski definition) is 2.